The zero-order chi connectivity index (χ0) is 25.3. The highest BCUT2D eigenvalue weighted by Crippen LogP contribution is 2.23. The van der Waals surface area contributed by atoms with Crippen LogP contribution in [0.3, 0.4) is 0 Å². The lowest BCUT2D eigenvalue weighted by atomic mass is 10.2. The Morgan fingerprint density at radius 1 is 1.11 bits per heavy atom. The molecule has 0 unspecified atom stereocenters. The second kappa shape index (κ2) is 9.47. The van der Waals surface area contributed by atoms with E-state index < -0.39 is 33.7 Å². The molecule has 35 heavy (non-hydrogen) atoms. The lowest BCUT2D eigenvalue weighted by Crippen LogP contribution is -2.32. The molecule has 1 N–H and O–H groups in total. The second-order valence-electron chi connectivity index (χ2n) is 8.16. The molecule has 0 saturated carbocycles. The quantitative estimate of drug-likeness (QED) is 0.362. The minimum atomic E-state index is -3.63. The first-order valence-electron chi connectivity index (χ1n) is 10.9. The number of rotatable bonds is 8. The molecule has 0 spiro atoms. The van der Waals surface area contributed by atoms with Crippen LogP contribution in [0.15, 0.2) is 56.9 Å². The zero-order valence-corrected chi connectivity index (χ0v) is 20.3. The fourth-order valence-electron chi connectivity index (χ4n) is 3.79. The monoisotopic (exact) mass is 499 g/mol. The SMILES string of the molecule is CCCn1c(COC(=O)Cn2[nH]c(=O)c3ccccc3c2=O)nc2cc(S(=O)(=O)N(C)C)ccc21. The molecular formula is C23H25N5O6S. The van der Waals surface area contributed by atoms with Crippen LogP contribution in [-0.4, -0.2) is 52.1 Å². The van der Waals surface area contributed by atoms with Gasteiger partial charge in [0.05, 0.1) is 26.7 Å². The molecule has 0 atom stereocenters. The molecule has 0 saturated heterocycles. The van der Waals surface area contributed by atoms with Crippen LogP contribution in [0.5, 0.6) is 0 Å². The average molecular weight is 500 g/mol. The number of nitrogens with one attached hydrogen (secondary N) is 1. The minimum Gasteiger partial charge on any atom is -0.456 e. The fourth-order valence-corrected chi connectivity index (χ4v) is 4.71. The number of nitrogens with zero attached hydrogens (tertiary/aromatic N) is 4. The van der Waals surface area contributed by atoms with Crippen molar-refractivity contribution >= 4 is 37.8 Å². The first-order valence-corrected chi connectivity index (χ1v) is 12.4. The molecule has 12 heteroatoms. The van der Waals surface area contributed by atoms with Crippen molar-refractivity contribution in [2.45, 2.75) is 37.9 Å². The molecule has 0 fully saturated rings. The van der Waals surface area contributed by atoms with Crippen molar-refractivity contribution < 1.29 is 17.9 Å². The van der Waals surface area contributed by atoms with E-state index in [1.807, 2.05) is 11.5 Å². The number of aromatic nitrogens is 4. The Labute approximate surface area is 200 Å². The summed E-state index contributed by atoms with van der Waals surface area (Å²) < 4.78 is 34.2. The molecule has 0 amide bonds. The number of aromatic amines is 1. The number of esters is 1. The van der Waals surface area contributed by atoms with Gasteiger partial charge in [-0.05, 0) is 36.8 Å². The van der Waals surface area contributed by atoms with Gasteiger partial charge in [0.15, 0.2) is 0 Å². The summed E-state index contributed by atoms with van der Waals surface area (Å²) in [6.07, 6.45) is 0.776. The maximum atomic E-state index is 12.6. The predicted octanol–water partition coefficient (Wildman–Crippen LogP) is 1.44. The van der Waals surface area contributed by atoms with Crippen molar-refractivity contribution in [2.75, 3.05) is 14.1 Å². The molecule has 0 aliphatic rings. The summed E-state index contributed by atoms with van der Waals surface area (Å²) in [4.78, 5) is 42.0. The Hall–Kier alpha value is -3.77. The first-order chi connectivity index (χ1) is 16.6. The van der Waals surface area contributed by atoms with Crippen molar-refractivity contribution in [3.8, 4) is 0 Å². The van der Waals surface area contributed by atoms with Gasteiger partial charge in [0.1, 0.15) is 19.0 Å². The number of ether oxygens (including phenoxy) is 1. The van der Waals surface area contributed by atoms with E-state index in [0.29, 0.717) is 23.4 Å². The number of sulfonamides is 1. The maximum Gasteiger partial charge on any atom is 0.328 e. The minimum absolute atomic E-state index is 0.110. The maximum absolute atomic E-state index is 12.6. The van der Waals surface area contributed by atoms with E-state index in [4.69, 9.17) is 4.74 Å². The average Bonchev–Trinajstić information content (AvgIpc) is 3.18. The highest BCUT2D eigenvalue weighted by molar-refractivity contribution is 7.89. The van der Waals surface area contributed by atoms with Crippen LogP contribution >= 0.6 is 0 Å². The number of carbonyl (C=O) groups excluding carboxylic acids is 1. The smallest absolute Gasteiger partial charge is 0.328 e. The third-order valence-corrected chi connectivity index (χ3v) is 7.37. The number of H-pyrrole nitrogens is 1. The van der Waals surface area contributed by atoms with Crippen molar-refractivity contribution in [3.05, 3.63) is 69.0 Å². The van der Waals surface area contributed by atoms with Gasteiger partial charge in [0, 0.05) is 20.6 Å². The molecule has 4 aromatic rings. The number of benzene rings is 2. The summed E-state index contributed by atoms with van der Waals surface area (Å²) in [7, 11) is -0.725. The lowest BCUT2D eigenvalue weighted by Gasteiger charge is -2.11. The van der Waals surface area contributed by atoms with Crippen LogP contribution in [0.4, 0.5) is 0 Å². The Morgan fingerprint density at radius 3 is 2.51 bits per heavy atom. The molecule has 2 aromatic carbocycles. The van der Waals surface area contributed by atoms with Crippen molar-refractivity contribution in [2.24, 2.45) is 0 Å². The third-order valence-electron chi connectivity index (χ3n) is 5.56. The predicted molar refractivity (Wildman–Crippen MR) is 130 cm³/mol. The molecule has 0 aliphatic heterocycles. The molecule has 4 rings (SSSR count). The summed E-state index contributed by atoms with van der Waals surface area (Å²) >= 11 is 0. The van der Waals surface area contributed by atoms with Crippen LogP contribution in [0, 0.1) is 0 Å². The van der Waals surface area contributed by atoms with E-state index in [0.717, 1.165) is 15.4 Å². The topological polar surface area (TPSA) is 136 Å². The van der Waals surface area contributed by atoms with E-state index in [2.05, 4.69) is 10.1 Å². The van der Waals surface area contributed by atoms with Gasteiger partial charge in [-0.2, -0.15) is 0 Å². The van der Waals surface area contributed by atoms with E-state index in [1.54, 1.807) is 18.2 Å². The van der Waals surface area contributed by atoms with E-state index in [9.17, 15) is 22.8 Å². The zero-order valence-electron chi connectivity index (χ0n) is 19.5. The standard InChI is InChI=1S/C23H25N5O6S/c1-4-11-27-19-10-9-15(35(32,33)26(2)3)12-18(19)24-20(27)14-34-21(29)13-28-23(31)17-8-6-5-7-16(17)22(30)25-28/h5-10,12H,4,11,13-14H2,1-3H3,(H,25,30). The Balaban J connectivity index is 1.59. The van der Waals surface area contributed by atoms with Gasteiger partial charge >= 0.3 is 5.97 Å². The van der Waals surface area contributed by atoms with Crippen LogP contribution < -0.4 is 11.1 Å². The number of hydrogen-bond donors (Lipinski definition) is 1. The van der Waals surface area contributed by atoms with Gasteiger partial charge in [0.2, 0.25) is 10.0 Å². The molecular weight excluding hydrogens is 474 g/mol. The Morgan fingerprint density at radius 2 is 1.83 bits per heavy atom. The highest BCUT2D eigenvalue weighted by atomic mass is 32.2. The van der Waals surface area contributed by atoms with Gasteiger partial charge in [-0.25, -0.2) is 22.4 Å². The fraction of sp³-hybridized carbons (Fsp3) is 0.304. The molecule has 184 valence electrons. The summed E-state index contributed by atoms with van der Waals surface area (Å²) in [5, 5.41) is 2.84. The number of aryl methyl sites for hydroxylation is 1. The van der Waals surface area contributed by atoms with E-state index >= 15 is 0 Å². The molecule has 2 aromatic heterocycles. The number of carbonyl (C=O) groups is 1. The third kappa shape index (κ3) is 4.62. The molecule has 0 radical (unpaired) electrons. The van der Waals surface area contributed by atoms with E-state index in [-0.39, 0.29) is 22.3 Å². The van der Waals surface area contributed by atoms with Crippen LogP contribution in [0.2, 0.25) is 0 Å². The van der Waals surface area contributed by atoms with Crippen LogP contribution in [0.25, 0.3) is 21.8 Å². The summed E-state index contributed by atoms with van der Waals surface area (Å²) in [6.45, 7) is 1.91. The Kier molecular flexibility index (Phi) is 6.59. The van der Waals surface area contributed by atoms with Gasteiger partial charge in [0.25, 0.3) is 11.1 Å². The number of imidazole rings is 1. The molecule has 2 heterocycles. The van der Waals surface area contributed by atoms with Crippen molar-refractivity contribution in [1.29, 1.82) is 0 Å². The van der Waals surface area contributed by atoms with Gasteiger partial charge < -0.3 is 9.30 Å². The normalized spacial score (nSPS) is 12.0. The largest absolute Gasteiger partial charge is 0.456 e. The Bertz CT molecular complexity index is 1650. The van der Waals surface area contributed by atoms with Crippen molar-refractivity contribution in [1.82, 2.24) is 23.6 Å². The first kappa shape index (κ1) is 24.4. The van der Waals surface area contributed by atoms with E-state index in [1.165, 1.54) is 38.4 Å². The lowest BCUT2D eigenvalue weighted by molar-refractivity contribution is -0.146. The second-order valence-corrected chi connectivity index (χ2v) is 10.3. The summed E-state index contributed by atoms with van der Waals surface area (Å²) in [5.74, 6) is -0.294. The van der Waals surface area contributed by atoms with Crippen molar-refractivity contribution in [3.63, 3.8) is 0 Å². The van der Waals surface area contributed by atoms with Gasteiger partial charge in [-0.15, -0.1) is 0 Å². The molecule has 0 aliphatic carbocycles. The molecule has 11 nitrogen and oxygen atoms in total. The number of fused-ring (bicyclic) bond motifs is 2. The molecule has 0 bridgehead atoms. The van der Waals surface area contributed by atoms with Crippen LogP contribution in [-0.2, 0) is 39.3 Å². The summed E-state index contributed by atoms with van der Waals surface area (Å²) in [6, 6.07) is 11.0. The summed E-state index contributed by atoms with van der Waals surface area (Å²) in [5.41, 5.74) is 0.180. The van der Waals surface area contributed by atoms with Crippen LogP contribution in [0.1, 0.15) is 19.2 Å². The van der Waals surface area contributed by atoms with Gasteiger partial charge in [-0.1, -0.05) is 19.1 Å². The number of hydrogen-bond acceptors (Lipinski definition) is 7. The highest BCUT2D eigenvalue weighted by Gasteiger charge is 2.20. The van der Waals surface area contributed by atoms with Gasteiger partial charge in [-0.3, -0.25) is 19.5 Å².